The van der Waals surface area contributed by atoms with E-state index in [0.717, 1.165) is 24.4 Å². The second kappa shape index (κ2) is 4.78. The predicted octanol–water partition coefficient (Wildman–Crippen LogP) is 1.50. The zero-order valence-corrected chi connectivity index (χ0v) is 9.72. The summed E-state index contributed by atoms with van der Waals surface area (Å²) in [5.41, 5.74) is 6.79. The highest BCUT2D eigenvalue weighted by molar-refractivity contribution is 5.92. The lowest BCUT2D eigenvalue weighted by Gasteiger charge is -2.07. The lowest BCUT2D eigenvalue weighted by Crippen LogP contribution is -2.13. The summed E-state index contributed by atoms with van der Waals surface area (Å²) in [4.78, 5) is 8.45. The third kappa shape index (κ3) is 2.33. The second-order valence-electron chi connectivity index (χ2n) is 3.78. The molecule has 0 bridgehead atoms. The molecule has 3 N–H and O–H groups in total. The van der Waals surface area contributed by atoms with Gasteiger partial charge in [0.25, 0.3) is 0 Å². The van der Waals surface area contributed by atoms with Gasteiger partial charge in [-0.3, -0.25) is 10.4 Å². The van der Waals surface area contributed by atoms with E-state index in [-0.39, 0.29) is 5.84 Å². The number of nitrogens with one attached hydrogen (secondary N) is 1. The van der Waals surface area contributed by atoms with Crippen LogP contribution < -0.4 is 5.73 Å². The number of aryl methyl sites for hydroxylation is 1. The van der Waals surface area contributed by atoms with Gasteiger partial charge in [-0.2, -0.15) is 0 Å². The molecule has 0 amide bonds. The van der Waals surface area contributed by atoms with Gasteiger partial charge >= 0.3 is 0 Å². The molecule has 2 aromatic rings. The molecule has 2 aromatic heterocycles. The molecule has 2 rings (SSSR count). The lowest BCUT2D eigenvalue weighted by atomic mass is 10.3. The summed E-state index contributed by atoms with van der Waals surface area (Å²) in [6, 6.07) is 3.64. The van der Waals surface area contributed by atoms with Crippen LogP contribution in [0.3, 0.4) is 0 Å². The summed E-state index contributed by atoms with van der Waals surface area (Å²) >= 11 is 0. The number of rotatable bonds is 4. The SMILES string of the molecule is CCCc1nccn1-c1ccc(C(=N)N)nc1. The Labute approximate surface area is 99.8 Å². The van der Waals surface area contributed by atoms with Gasteiger partial charge in [0.1, 0.15) is 17.4 Å². The van der Waals surface area contributed by atoms with Gasteiger partial charge in [0.05, 0.1) is 11.9 Å². The minimum absolute atomic E-state index is 0.0176. The summed E-state index contributed by atoms with van der Waals surface area (Å²) in [6.07, 6.45) is 7.38. The Hall–Kier alpha value is -2.17. The van der Waals surface area contributed by atoms with E-state index in [0.29, 0.717) is 5.69 Å². The monoisotopic (exact) mass is 229 g/mol. The molecule has 0 aromatic carbocycles. The minimum Gasteiger partial charge on any atom is -0.382 e. The fraction of sp³-hybridized carbons (Fsp3) is 0.250. The number of hydrogen-bond acceptors (Lipinski definition) is 3. The van der Waals surface area contributed by atoms with Gasteiger partial charge in [-0.25, -0.2) is 4.98 Å². The Morgan fingerprint density at radius 3 is 2.82 bits per heavy atom. The van der Waals surface area contributed by atoms with Gasteiger partial charge in [0, 0.05) is 18.8 Å². The number of imidazole rings is 1. The number of nitrogens with zero attached hydrogens (tertiary/aromatic N) is 3. The van der Waals surface area contributed by atoms with Crippen molar-refractivity contribution in [1.29, 1.82) is 5.41 Å². The first-order valence-corrected chi connectivity index (χ1v) is 5.55. The quantitative estimate of drug-likeness (QED) is 0.616. The molecule has 0 spiro atoms. The van der Waals surface area contributed by atoms with Crippen molar-refractivity contribution in [1.82, 2.24) is 14.5 Å². The van der Waals surface area contributed by atoms with Crippen LogP contribution in [0, 0.1) is 5.41 Å². The fourth-order valence-corrected chi connectivity index (χ4v) is 1.67. The maximum atomic E-state index is 7.28. The zero-order chi connectivity index (χ0) is 12.3. The van der Waals surface area contributed by atoms with Crippen molar-refractivity contribution < 1.29 is 0 Å². The molecular weight excluding hydrogens is 214 g/mol. The fourth-order valence-electron chi connectivity index (χ4n) is 1.67. The molecular formula is C12H15N5. The maximum Gasteiger partial charge on any atom is 0.141 e. The number of aromatic nitrogens is 3. The van der Waals surface area contributed by atoms with Crippen molar-refractivity contribution in [3.63, 3.8) is 0 Å². The molecule has 0 saturated heterocycles. The first-order chi connectivity index (χ1) is 8.22. The van der Waals surface area contributed by atoms with Gasteiger partial charge in [-0.15, -0.1) is 0 Å². The van der Waals surface area contributed by atoms with Gasteiger partial charge < -0.3 is 10.3 Å². The van der Waals surface area contributed by atoms with Crippen molar-refractivity contribution in [3.8, 4) is 5.69 Å². The Morgan fingerprint density at radius 1 is 1.41 bits per heavy atom. The summed E-state index contributed by atoms with van der Waals surface area (Å²) in [7, 11) is 0. The van der Waals surface area contributed by atoms with Crippen molar-refractivity contribution >= 4 is 5.84 Å². The standard InChI is InChI=1S/C12H15N5/c1-2-3-11-15-6-7-17(11)9-4-5-10(12(13)14)16-8-9/h4-8H,2-3H2,1H3,(H3,13,14). The van der Waals surface area contributed by atoms with Crippen LogP contribution in [0.4, 0.5) is 0 Å². The van der Waals surface area contributed by atoms with Gasteiger partial charge in [-0.1, -0.05) is 6.92 Å². The second-order valence-corrected chi connectivity index (χ2v) is 3.78. The molecule has 17 heavy (non-hydrogen) atoms. The normalized spacial score (nSPS) is 10.4. The van der Waals surface area contributed by atoms with E-state index < -0.39 is 0 Å². The molecule has 0 atom stereocenters. The van der Waals surface area contributed by atoms with Gasteiger partial charge in [0.15, 0.2) is 0 Å². The smallest absolute Gasteiger partial charge is 0.141 e. The van der Waals surface area contributed by atoms with Crippen molar-refractivity contribution in [2.75, 3.05) is 0 Å². The van der Waals surface area contributed by atoms with Crippen LogP contribution in [0.2, 0.25) is 0 Å². The highest BCUT2D eigenvalue weighted by Gasteiger charge is 2.05. The number of hydrogen-bond donors (Lipinski definition) is 2. The molecule has 2 heterocycles. The van der Waals surface area contributed by atoms with E-state index in [4.69, 9.17) is 11.1 Å². The van der Waals surface area contributed by atoms with Crippen LogP contribution in [0.15, 0.2) is 30.7 Å². The summed E-state index contributed by atoms with van der Waals surface area (Å²) in [5, 5.41) is 7.28. The van der Waals surface area contributed by atoms with E-state index in [1.165, 1.54) is 0 Å². The Kier molecular flexibility index (Phi) is 3.18. The molecule has 88 valence electrons. The molecule has 0 fully saturated rings. The Bertz CT molecular complexity index is 512. The molecule has 0 saturated carbocycles. The van der Waals surface area contributed by atoms with E-state index in [1.54, 1.807) is 18.5 Å². The molecule has 0 aliphatic carbocycles. The van der Waals surface area contributed by atoms with E-state index in [9.17, 15) is 0 Å². The molecule has 0 unspecified atom stereocenters. The number of nitrogens with two attached hydrogens (primary N) is 1. The van der Waals surface area contributed by atoms with Crippen LogP contribution in [0.5, 0.6) is 0 Å². The highest BCUT2D eigenvalue weighted by Crippen LogP contribution is 2.11. The van der Waals surface area contributed by atoms with Gasteiger partial charge in [-0.05, 0) is 18.6 Å². The lowest BCUT2D eigenvalue weighted by molar-refractivity contribution is 0.807. The maximum absolute atomic E-state index is 7.28. The average Bonchev–Trinajstić information content (AvgIpc) is 2.78. The van der Waals surface area contributed by atoms with E-state index in [2.05, 4.69) is 16.9 Å². The number of amidine groups is 1. The number of nitrogen functional groups attached to an aromatic ring is 1. The molecule has 5 heteroatoms. The van der Waals surface area contributed by atoms with E-state index >= 15 is 0 Å². The summed E-state index contributed by atoms with van der Waals surface area (Å²) in [6.45, 7) is 2.12. The Morgan fingerprint density at radius 2 is 2.24 bits per heavy atom. The van der Waals surface area contributed by atoms with Crippen LogP contribution in [-0.2, 0) is 6.42 Å². The minimum atomic E-state index is -0.0176. The van der Waals surface area contributed by atoms with Crippen LogP contribution >= 0.6 is 0 Å². The van der Waals surface area contributed by atoms with Gasteiger partial charge in [0.2, 0.25) is 0 Å². The van der Waals surface area contributed by atoms with E-state index in [1.807, 2.05) is 16.8 Å². The van der Waals surface area contributed by atoms with Crippen molar-refractivity contribution in [2.24, 2.45) is 5.73 Å². The zero-order valence-electron chi connectivity index (χ0n) is 9.72. The molecule has 0 aliphatic heterocycles. The topological polar surface area (TPSA) is 80.6 Å². The predicted molar refractivity (Wildman–Crippen MR) is 66.4 cm³/mol. The van der Waals surface area contributed by atoms with Crippen LogP contribution in [0.1, 0.15) is 24.9 Å². The molecule has 0 aliphatic rings. The average molecular weight is 229 g/mol. The van der Waals surface area contributed by atoms with Crippen LogP contribution in [-0.4, -0.2) is 20.4 Å². The molecule has 0 radical (unpaired) electrons. The summed E-state index contributed by atoms with van der Waals surface area (Å²) < 4.78 is 2.00. The van der Waals surface area contributed by atoms with Crippen LogP contribution in [0.25, 0.3) is 5.69 Å². The third-order valence-electron chi connectivity index (χ3n) is 2.49. The highest BCUT2D eigenvalue weighted by atomic mass is 15.1. The third-order valence-corrected chi connectivity index (χ3v) is 2.49. The Balaban J connectivity index is 2.33. The largest absolute Gasteiger partial charge is 0.382 e. The first kappa shape index (κ1) is 11.3. The first-order valence-electron chi connectivity index (χ1n) is 5.55. The van der Waals surface area contributed by atoms with Crippen molar-refractivity contribution in [2.45, 2.75) is 19.8 Å². The molecule has 5 nitrogen and oxygen atoms in total. The van der Waals surface area contributed by atoms with Crippen molar-refractivity contribution in [3.05, 3.63) is 42.2 Å². The number of pyridine rings is 1. The summed E-state index contributed by atoms with van der Waals surface area (Å²) in [5.74, 6) is 1.00.